The van der Waals surface area contributed by atoms with Crippen LogP contribution >= 0.6 is 0 Å². The molecule has 0 saturated heterocycles. The van der Waals surface area contributed by atoms with E-state index in [1.165, 1.54) is 5.39 Å². The van der Waals surface area contributed by atoms with E-state index in [0.29, 0.717) is 0 Å². The Bertz CT molecular complexity index is 288. The Morgan fingerprint density at radius 3 is 2.45 bits per heavy atom. The van der Waals surface area contributed by atoms with Gasteiger partial charge in [0.25, 0.3) is 0 Å². The third-order valence-electron chi connectivity index (χ3n) is 1.40. The van der Waals surface area contributed by atoms with Crippen LogP contribution in [0, 0.1) is 0 Å². The molecule has 0 aliphatic carbocycles. The second kappa shape index (κ2) is 4.53. The molecule has 2 aromatic rings. The van der Waals surface area contributed by atoms with Crippen molar-refractivity contribution in [1.29, 1.82) is 0 Å². The number of para-hydroxylation sites is 1. The first-order chi connectivity index (χ1) is 4.47. The molecule has 0 N–H and O–H groups in total. The van der Waals surface area contributed by atoms with Gasteiger partial charge in [-0.05, 0) is 5.39 Å². The van der Waals surface area contributed by atoms with Gasteiger partial charge in [-0.3, -0.25) is 0 Å². The Labute approximate surface area is 84.4 Å². The van der Waals surface area contributed by atoms with Gasteiger partial charge in [0, 0.05) is 0 Å². The molecule has 0 fully saturated rings. The van der Waals surface area contributed by atoms with Gasteiger partial charge >= 0.3 is 19.5 Å². The van der Waals surface area contributed by atoms with Crippen molar-refractivity contribution in [2.45, 2.75) is 0 Å². The van der Waals surface area contributed by atoms with Gasteiger partial charge in [0.2, 0.25) is 0 Å². The van der Waals surface area contributed by atoms with Gasteiger partial charge in [-0.25, -0.2) is 0 Å². The molecule has 0 saturated carbocycles. The molecule has 1 heterocycles. The fraction of sp³-hybridized carbons (Fsp3) is 0. The number of benzene rings is 1. The van der Waals surface area contributed by atoms with Crippen LogP contribution in [0.2, 0.25) is 0 Å². The van der Waals surface area contributed by atoms with Gasteiger partial charge in [-0.2, -0.15) is 6.20 Å². The van der Waals surface area contributed by atoms with Crippen LogP contribution in [0.5, 0.6) is 0 Å². The van der Waals surface area contributed by atoms with Crippen LogP contribution in [-0.2, 0) is 19.5 Å². The molecule has 0 amide bonds. The van der Waals surface area contributed by atoms with Gasteiger partial charge in [0.05, 0.1) is 0 Å². The summed E-state index contributed by atoms with van der Waals surface area (Å²) >= 11 is 0. The molecule has 52 valence electrons. The Balaban J connectivity index is 0.000000500. The summed E-state index contributed by atoms with van der Waals surface area (Å²) < 4.78 is 0. The number of aromatic nitrogens is 1. The van der Waals surface area contributed by atoms with E-state index in [0.717, 1.165) is 5.52 Å². The minimum Gasteiger partial charge on any atom is -1.00 e. The molecule has 11 heavy (non-hydrogen) atoms. The maximum absolute atomic E-state index is 4.12. The molecule has 1 nitrogen and oxygen atoms in total. The van der Waals surface area contributed by atoms with Crippen LogP contribution in [0.4, 0.5) is 0 Å². The molecule has 1 aromatic carbocycles. The second-order valence-electron chi connectivity index (χ2n) is 2.00. The first-order valence-corrected chi connectivity index (χ1v) is 2.93. The number of hydrogen-bond acceptors (Lipinski definition) is 0. The van der Waals surface area contributed by atoms with Crippen molar-refractivity contribution in [3.63, 3.8) is 0 Å². The quantitative estimate of drug-likeness (QED) is 0.505. The molecule has 0 spiro atoms. The summed E-state index contributed by atoms with van der Waals surface area (Å²) in [7, 11) is 0. The van der Waals surface area contributed by atoms with E-state index in [-0.39, 0.29) is 31.9 Å². The minimum absolute atomic E-state index is 0. The predicted octanol–water partition coefficient (Wildman–Crippen LogP) is -1.20. The van der Waals surface area contributed by atoms with E-state index in [2.05, 4.69) is 11.1 Å². The van der Waals surface area contributed by atoms with E-state index in [1.54, 1.807) is 0 Å². The van der Waals surface area contributed by atoms with E-state index >= 15 is 0 Å². The minimum atomic E-state index is 0. The van der Waals surface area contributed by atoms with Crippen LogP contribution in [-0.4, -0.2) is 0 Å². The summed E-state index contributed by atoms with van der Waals surface area (Å²) in [6.45, 7) is 0. The van der Waals surface area contributed by atoms with E-state index in [1.807, 2.05) is 30.5 Å². The smallest absolute Gasteiger partial charge is 1.00 e. The van der Waals surface area contributed by atoms with Gasteiger partial charge in [-0.15, -0.1) is 5.52 Å². The first-order valence-electron chi connectivity index (χ1n) is 2.93. The van der Waals surface area contributed by atoms with Gasteiger partial charge in [-0.1, -0.05) is 30.3 Å². The first kappa shape index (κ1) is 10.7. The fourth-order valence-corrected chi connectivity index (χ4v) is 0.944. The van der Waals surface area contributed by atoms with Gasteiger partial charge in [0.15, 0.2) is 0 Å². The van der Waals surface area contributed by atoms with Crippen molar-refractivity contribution in [3.8, 4) is 0 Å². The molecule has 0 radical (unpaired) electrons. The van der Waals surface area contributed by atoms with Crippen LogP contribution in [0.25, 0.3) is 10.9 Å². The van der Waals surface area contributed by atoms with Crippen LogP contribution in [0.1, 0.15) is 0 Å². The number of rotatable bonds is 0. The van der Waals surface area contributed by atoms with Crippen LogP contribution < -0.4 is 17.4 Å². The summed E-state index contributed by atoms with van der Waals surface area (Å²) in [5, 5.41) is 1.22. The average molecular weight is 217 g/mol. The predicted molar refractivity (Wildman–Crippen MR) is 37.3 cm³/mol. The molecule has 0 unspecified atom stereocenters. The Hall–Kier alpha value is -0.327. The topological polar surface area (TPSA) is 14.1 Å². The summed E-state index contributed by atoms with van der Waals surface area (Å²) in [6, 6.07) is 10.1. The Morgan fingerprint density at radius 1 is 1.00 bits per heavy atom. The second-order valence-corrected chi connectivity index (χ2v) is 2.00. The van der Waals surface area contributed by atoms with E-state index in [4.69, 9.17) is 0 Å². The third kappa shape index (κ3) is 2.05. The monoisotopic (exact) mass is 215 g/mol. The summed E-state index contributed by atoms with van der Waals surface area (Å²) in [4.78, 5) is 4.12. The van der Waals surface area contributed by atoms with E-state index in [9.17, 15) is 0 Å². The maximum atomic E-state index is 4.12. The number of halogens is 1. The number of fused-ring (bicyclic) bond motifs is 1. The summed E-state index contributed by atoms with van der Waals surface area (Å²) in [6.07, 6.45) is 1.82. The van der Waals surface area contributed by atoms with Crippen molar-refractivity contribution >= 4 is 10.9 Å². The number of nitrogens with zero attached hydrogens (tertiary/aromatic N) is 1. The molecule has 0 aliphatic heterocycles. The van der Waals surface area contributed by atoms with Crippen molar-refractivity contribution in [2.24, 2.45) is 0 Å². The molecular weight excluding hydrogens is 211 g/mol. The van der Waals surface area contributed by atoms with Crippen LogP contribution in [0.15, 0.2) is 36.5 Å². The van der Waals surface area contributed by atoms with E-state index < -0.39 is 0 Å². The zero-order valence-electron chi connectivity index (χ0n) is 6.00. The summed E-state index contributed by atoms with van der Waals surface area (Å²) in [5.74, 6) is 0. The number of hydrogen-bond donors (Lipinski definition) is 0. The normalized spacial score (nSPS) is 8.36. The van der Waals surface area contributed by atoms with Gasteiger partial charge in [0.1, 0.15) is 0 Å². The molecule has 2 rings (SSSR count). The molecule has 0 bridgehead atoms. The largest absolute Gasteiger partial charge is 2.00 e. The molecule has 3 heteroatoms. The molecule has 0 atom stereocenters. The van der Waals surface area contributed by atoms with Crippen molar-refractivity contribution in [1.82, 2.24) is 4.98 Å². The standard InChI is InChI=1S/C8H6N.ClH.Zn/c1-2-4-8-7(3-1)5-6-9-8;;/h1-6H;1H;/q-1;;+2/p-1. The van der Waals surface area contributed by atoms with Crippen LogP contribution in [0.3, 0.4) is 0 Å². The molecule has 1 aromatic heterocycles. The van der Waals surface area contributed by atoms with Crippen molar-refractivity contribution in [2.75, 3.05) is 0 Å². The van der Waals surface area contributed by atoms with Gasteiger partial charge < -0.3 is 17.4 Å². The Morgan fingerprint density at radius 2 is 1.73 bits per heavy atom. The Kier molecular flexibility index (Phi) is 4.40. The zero-order chi connectivity index (χ0) is 6.10. The van der Waals surface area contributed by atoms with Crippen molar-refractivity contribution in [3.05, 3.63) is 36.5 Å². The molecule has 0 aliphatic rings. The summed E-state index contributed by atoms with van der Waals surface area (Å²) in [5.41, 5.74) is 1.08. The third-order valence-corrected chi connectivity index (χ3v) is 1.40. The fourth-order valence-electron chi connectivity index (χ4n) is 0.944. The average Bonchev–Trinajstić information content (AvgIpc) is 2.33. The zero-order valence-corrected chi connectivity index (χ0v) is 9.72. The SMILES string of the molecule is [Cl-].[Zn+2].c1ccc2[n-]ccc2c1. The van der Waals surface area contributed by atoms with Crippen molar-refractivity contribution < 1.29 is 31.9 Å². The molecular formula is C8H6ClNZn. The maximum Gasteiger partial charge on any atom is 2.00 e.